The highest BCUT2D eigenvalue weighted by Crippen LogP contribution is 2.37. The van der Waals surface area contributed by atoms with Gasteiger partial charge < -0.3 is 4.98 Å². The molecule has 0 aliphatic heterocycles. The van der Waals surface area contributed by atoms with Gasteiger partial charge in [-0.1, -0.05) is 13.3 Å². The van der Waals surface area contributed by atoms with Crippen molar-refractivity contribution in [2.24, 2.45) is 5.92 Å². The second kappa shape index (κ2) is 4.77. The van der Waals surface area contributed by atoms with E-state index in [-0.39, 0.29) is 5.56 Å². The van der Waals surface area contributed by atoms with Crippen LogP contribution in [0.5, 0.6) is 0 Å². The van der Waals surface area contributed by atoms with E-state index in [1.54, 1.807) is 17.5 Å². The molecule has 0 radical (unpaired) electrons. The molecule has 3 aromatic heterocycles. The van der Waals surface area contributed by atoms with Crippen molar-refractivity contribution in [3.63, 3.8) is 0 Å². The highest BCUT2D eigenvalue weighted by atomic mass is 32.1. The van der Waals surface area contributed by atoms with Gasteiger partial charge in [-0.3, -0.25) is 4.79 Å². The maximum Gasteiger partial charge on any atom is 0.260 e. The first-order valence-corrected chi connectivity index (χ1v) is 7.98. The van der Waals surface area contributed by atoms with Crippen LogP contribution in [0.2, 0.25) is 0 Å². The van der Waals surface area contributed by atoms with Gasteiger partial charge in [-0.2, -0.15) is 15.4 Å². The van der Waals surface area contributed by atoms with E-state index >= 15 is 0 Å². The van der Waals surface area contributed by atoms with Gasteiger partial charge in [0.2, 0.25) is 0 Å². The molecule has 21 heavy (non-hydrogen) atoms. The molecule has 1 aliphatic carbocycles. The number of aromatic amines is 2. The number of nitrogens with one attached hydrogen (secondary N) is 2. The SMILES string of the molecule is CCC1CCc2c(sc3nc(-c4cn[nH]n4)[nH]c(=O)c23)C1. The molecule has 0 amide bonds. The topological polar surface area (TPSA) is 87.3 Å². The third-order valence-corrected chi connectivity index (χ3v) is 5.40. The predicted molar refractivity (Wildman–Crippen MR) is 81.4 cm³/mol. The zero-order valence-corrected chi connectivity index (χ0v) is 12.5. The highest BCUT2D eigenvalue weighted by Gasteiger charge is 2.24. The zero-order valence-electron chi connectivity index (χ0n) is 11.6. The molecule has 0 saturated heterocycles. The molecule has 108 valence electrons. The number of fused-ring (bicyclic) bond motifs is 3. The summed E-state index contributed by atoms with van der Waals surface area (Å²) in [5.41, 5.74) is 1.71. The molecular weight excluding hydrogens is 286 g/mol. The van der Waals surface area contributed by atoms with Crippen molar-refractivity contribution in [2.45, 2.75) is 32.6 Å². The van der Waals surface area contributed by atoms with Crippen molar-refractivity contribution in [3.8, 4) is 11.5 Å². The monoisotopic (exact) mass is 301 g/mol. The van der Waals surface area contributed by atoms with E-state index in [1.165, 1.54) is 23.3 Å². The lowest BCUT2D eigenvalue weighted by Crippen LogP contribution is -2.14. The van der Waals surface area contributed by atoms with Gasteiger partial charge >= 0.3 is 0 Å². The third-order valence-electron chi connectivity index (χ3n) is 4.26. The molecule has 0 bridgehead atoms. The Hall–Kier alpha value is -2.02. The lowest BCUT2D eigenvalue weighted by atomic mass is 9.86. The number of aromatic nitrogens is 5. The predicted octanol–water partition coefficient (Wildman–Crippen LogP) is 2.28. The van der Waals surface area contributed by atoms with Gasteiger partial charge in [0.15, 0.2) is 5.82 Å². The Morgan fingerprint density at radius 1 is 1.48 bits per heavy atom. The van der Waals surface area contributed by atoms with Crippen LogP contribution in [0.15, 0.2) is 11.0 Å². The van der Waals surface area contributed by atoms with Crippen LogP contribution in [-0.4, -0.2) is 25.4 Å². The van der Waals surface area contributed by atoms with Crippen LogP contribution in [0.4, 0.5) is 0 Å². The van der Waals surface area contributed by atoms with Crippen LogP contribution in [0.1, 0.15) is 30.2 Å². The standard InChI is InChI=1S/C14H15N5OS/c1-2-7-3-4-8-10(5-7)21-14-11(8)13(20)16-12(17-14)9-6-15-19-18-9/h6-7H,2-5H2,1H3,(H,15,18,19)(H,16,17,20). The molecular formula is C14H15N5OS. The van der Waals surface area contributed by atoms with Crippen LogP contribution in [0, 0.1) is 5.92 Å². The largest absolute Gasteiger partial charge is 0.304 e. The Balaban J connectivity index is 1.90. The lowest BCUT2D eigenvalue weighted by molar-refractivity contribution is 0.451. The Labute approximate surface area is 124 Å². The maximum atomic E-state index is 12.4. The summed E-state index contributed by atoms with van der Waals surface area (Å²) in [5, 5.41) is 11.1. The lowest BCUT2D eigenvalue weighted by Gasteiger charge is -2.20. The fraction of sp³-hybridized carbons (Fsp3) is 0.429. The molecule has 6 nitrogen and oxygen atoms in total. The average molecular weight is 301 g/mol. The van der Waals surface area contributed by atoms with E-state index in [2.05, 4.69) is 32.3 Å². The Morgan fingerprint density at radius 2 is 2.38 bits per heavy atom. The number of rotatable bonds is 2. The number of hydrogen-bond donors (Lipinski definition) is 2. The minimum absolute atomic E-state index is 0.0644. The normalized spacial score (nSPS) is 18.0. The molecule has 0 aromatic carbocycles. The highest BCUT2D eigenvalue weighted by molar-refractivity contribution is 7.18. The minimum Gasteiger partial charge on any atom is -0.304 e. The summed E-state index contributed by atoms with van der Waals surface area (Å²) in [6.45, 7) is 2.23. The van der Waals surface area contributed by atoms with Gasteiger partial charge in [0, 0.05) is 4.88 Å². The van der Waals surface area contributed by atoms with Crippen molar-refractivity contribution >= 4 is 21.6 Å². The molecule has 7 heteroatoms. The maximum absolute atomic E-state index is 12.4. The number of nitrogens with zero attached hydrogens (tertiary/aromatic N) is 3. The van der Waals surface area contributed by atoms with E-state index in [0.717, 1.165) is 29.0 Å². The van der Waals surface area contributed by atoms with Crippen molar-refractivity contribution < 1.29 is 0 Å². The molecule has 1 aliphatic rings. The van der Waals surface area contributed by atoms with Gasteiger partial charge in [0.25, 0.3) is 5.56 Å². The first kappa shape index (κ1) is 12.7. The second-order valence-corrected chi connectivity index (χ2v) is 6.55. The summed E-state index contributed by atoms with van der Waals surface area (Å²) in [6, 6.07) is 0. The summed E-state index contributed by atoms with van der Waals surface area (Å²) < 4.78 is 0. The molecule has 4 rings (SSSR count). The van der Waals surface area contributed by atoms with E-state index in [0.29, 0.717) is 11.5 Å². The number of H-pyrrole nitrogens is 2. The third kappa shape index (κ3) is 1.99. The fourth-order valence-corrected chi connectivity index (χ4v) is 4.37. The van der Waals surface area contributed by atoms with Crippen LogP contribution in [0.25, 0.3) is 21.7 Å². The summed E-state index contributed by atoms with van der Waals surface area (Å²) in [5.74, 6) is 1.21. The zero-order chi connectivity index (χ0) is 14.4. The number of thiophene rings is 1. The van der Waals surface area contributed by atoms with Crippen molar-refractivity contribution in [1.29, 1.82) is 0 Å². The summed E-state index contributed by atoms with van der Waals surface area (Å²) in [7, 11) is 0. The van der Waals surface area contributed by atoms with Gasteiger partial charge in [0.05, 0.1) is 11.6 Å². The Kier molecular flexibility index (Phi) is 2.88. The van der Waals surface area contributed by atoms with Crippen LogP contribution < -0.4 is 5.56 Å². The summed E-state index contributed by atoms with van der Waals surface area (Å²) >= 11 is 1.65. The van der Waals surface area contributed by atoms with Crippen LogP contribution in [-0.2, 0) is 12.8 Å². The number of hydrogen-bond acceptors (Lipinski definition) is 5. The molecule has 0 saturated carbocycles. The van der Waals surface area contributed by atoms with E-state index < -0.39 is 0 Å². The van der Waals surface area contributed by atoms with E-state index in [9.17, 15) is 4.79 Å². The summed E-state index contributed by atoms with van der Waals surface area (Å²) in [6.07, 6.45) is 5.99. The molecule has 1 unspecified atom stereocenters. The molecule has 3 aromatic rings. The summed E-state index contributed by atoms with van der Waals surface area (Å²) in [4.78, 5) is 22.0. The molecule has 1 atom stereocenters. The average Bonchev–Trinajstić information content (AvgIpc) is 3.13. The first-order valence-electron chi connectivity index (χ1n) is 7.17. The Morgan fingerprint density at radius 3 is 3.14 bits per heavy atom. The first-order chi connectivity index (χ1) is 10.3. The van der Waals surface area contributed by atoms with Crippen molar-refractivity contribution in [2.75, 3.05) is 0 Å². The van der Waals surface area contributed by atoms with Gasteiger partial charge in [-0.05, 0) is 30.7 Å². The quantitative estimate of drug-likeness (QED) is 0.760. The van der Waals surface area contributed by atoms with Crippen LogP contribution in [0.3, 0.4) is 0 Å². The Bertz CT molecular complexity index is 848. The molecule has 3 heterocycles. The smallest absolute Gasteiger partial charge is 0.260 e. The van der Waals surface area contributed by atoms with E-state index in [1.807, 2.05) is 0 Å². The molecule has 0 fully saturated rings. The number of aryl methyl sites for hydroxylation is 1. The van der Waals surface area contributed by atoms with Gasteiger partial charge in [-0.15, -0.1) is 11.3 Å². The van der Waals surface area contributed by atoms with Crippen molar-refractivity contribution in [1.82, 2.24) is 25.4 Å². The van der Waals surface area contributed by atoms with Crippen molar-refractivity contribution in [3.05, 3.63) is 27.0 Å². The fourth-order valence-electron chi connectivity index (χ4n) is 3.04. The second-order valence-electron chi connectivity index (χ2n) is 5.47. The van der Waals surface area contributed by atoms with E-state index in [4.69, 9.17) is 0 Å². The minimum atomic E-state index is -0.0644. The molecule has 0 spiro atoms. The molecule has 2 N–H and O–H groups in total. The van der Waals surface area contributed by atoms with Gasteiger partial charge in [-0.25, -0.2) is 4.98 Å². The van der Waals surface area contributed by atoms with Crippen LogP contribution >= 0.6 is 11.3 Å². The van der Waals surface area contributed by atoms with Gasteiger partial charge in [0.1, 0.15) is 10.5 Å².